The number of nitrogens with zero attached hydrogens (tertiary/aromatic N) is 2. The molecule has 0 bridgehead atoms. The van der Waals surface area contributed by atoms with Gasteiger partial charge in [-0.2, -0.15) is 0 Å². The quantitative estimate of drug-likeness (QED) is 0.704. The normalized spacial score (nSPS) is 12.2. The number of carbonyl (C=O) groups is 1. The minimum atomic E-state index is -0.354. The number of amides is 1. The van der Waals surface area contributed by atoms with Crippen LogP contribution >= 0.6 is 0 Å². The fraction of sp³-hybridized carbons (Fsp3) is 0.150. The molecule has 0 atom stereocenters. The molecule has 1 aliphatic rings. The summed E-state index contributed by atoms with van der Waals surface area (Å²) < 4.78 is 16.2. The fourth-order valence-electron chi connectivity index (χ4n) is 2.69. The first kappa shape index (κ1) is 17.6. The molecule has 0 saturated carbocycles. The molecule has 0 radical (unpaired) electrons. The van der Waals surface area contributed by atoms with E-state index < -0.39 is 0 Å². The summed E-state index contributed by atoms with van der Waals surface area (Å²) in [5, 5.41) is 5.87. The third-order valence-corrected chi connectivity index (χ3v) is 4.01. The van der Waals surface area contributed by atoms with E-state index >= 15 is 0 Å². The first-order valence-corrected chi connectivity index (χ1v) is 8.66. The van der Waals surface area contributed by atoms with Crippen molar-refractivity contribution in [2.75, 3.05) is 31.0 Å². The Morgan fingerprint density at radius 1 is 1.04 bits per heavy atom. The summed E-state index contributed by atoms with van der Waals surface area (Å²) in [5.74, 6) is 1.93. The van der Waals surface area contributed by atoms with Crippen LogP contribution in [0.4, 0.5) is 17.3 Å². The van der Waals surface area contributed by atoms with Gasteiger partial charge in [0.05, 0.1) is 7.11 Å². The third-order valence-electron chi connectivity index (χ3n) is 4.01. The number of carbonyl (C=O) groups excluding carboxylic acids is 1. The van der Waals surface area contributed by atoms with Crippen LogP contribution in [0.25, 0.3) is 0 Å². The van der Waals surface area contributed by atoms with Gasteiger partial charge >= 0.3 is 0 Å². The predicted octanol–water partition coefficient (Wildman–Crippen LogP) is 3.25. The van der Waals surface area contributed by atoms with Crippen molar-refractivity contribution in [2.24, 2.45) is 0 Å². The largest absolute Gasteiger partial charge is 0.497 e. The second-order valence-corrected chi connectivity index (χ2v) is 5.94. The number of rotatable bonds is 5. The summed E-state index contributed by atoms with van der Waals surface area (Å²) in [4.78, 5) is 21.0. The molecule has 0 fully saturated rings. The molecule has 1 aromatic heterocycles. The molecule has 28 heavy (non-hydrogen) atoms. The summed E-state index contributed by atoms with van der Waals surface area (Å²) in [5.41, 5.74) is 1.58. The molecule has 1 aliphatic heterocycles. The van der Waals surface area contributed by atoms with Crippen molar-refractivity contribution in [1.82, 2.24) is 9.97 Å². The maximum absolute atomic E-state index is 12.6. The Labute approximate surface area is 161 Å². The van der Waals surface area contributed by atoms with Crippen molar-refractivity contribution in [3.05, 3.63) is 60.4 Å². The molecule has 0 aliphatic carbocycles. The lowest BCUT2D eigenvalue weighted by Crippen LogP contribution is -2.17. The summed E-state index contributed by atoms with van der Waals surface area (Å²) in [6, 6.07) is 14.1. The summed E-state index contributed by atoms with van der Waals surface area (Å²) in [6.07, 6.45) is 1.52. The van der Waals surface area contributed by atoms with Gasteiger partial charge in [0.1, 0.15) is 24.7 Å². The van der Waals surface area contributed by atoms with E-state index in [4.69, 9.17) is 14.2 Å². The number of benzene rings is 2. The van der Waals surface area contributed by atoms with Gasteiger partial charge in [0.2, 0.25) is 5.95 Å². The van der Waals surface area contributed by atoms with Crippen molar-refractivity contribution in [3.63, 3.8) is 0 Å². The lowest BCUT2D eigenvalue weighted by molar-refractivity contribution is 0.102. The maximum atomic E-state index is 12.6. The number of hydrogen-bond donors (Lipinski definition) is 2. The SMILES string of the molecule is COc1cccc(Nc2nccc(C(=O)Nc3ccc4c(c3)OCCO4)n2)c1. The zero-order valence-corrected chi connectivity index (χ0v) is 15.1. The van der Waals surface area contributed by atoms with E-state index in [-0.39, 0.29) is 11.6 Å². The Kier molecular flexibility index (Phi) is 4.92. The van der Waals surface area contributed by atoms with Gasteiger partial charge in [-0.3, -0.25) is 4.79 Å². The molecule has 0 saturated heterocycles. The molecular formula is C20H18N4O4. The Morgan fingerprint density at radius 2 is 1.89 bits per heavy atom. The minimum Gasteiger partial charge on any atom is -0.497 e. The Balaban J connectivity index is 1.48. The molecule has 2 aromatic carbocycles. The molecule has 0 unspecified atom stereocenters. The molecule has 3 aromatic rings. The zero-order valence-electron chi connectivity index (χ0n) is 15.1. The molecule has 1 amide bonds. The van der Waals surface area contributed by atoms with Gasteiger partial charge in [-0.1, -0.05) is 6.07 Å². The highest BCUT2D eigenvalue weighted by Gasteiger charge is 2.14. The van der Waals surface area contributed by atoms with Crippen LogP contribution in [0.15, 0.2) is 54.7 Å². The lowest BCUT2D eigenvalue weighted by atomic mass is 10.2. The third kappa shape index (κ3) is 3.96. The average molecular weight is 378 g/mol. The molecular weight excluding hydrogens is 360 g/mol. The van der Waals surface area contributed by atoms with Gasteiger partial charge < -0.3 is 24.8 Å². The second-order valence-electron chi connectivity index (χ2n) is 5.94. The first-order chi connectivity index (χ1) is 13.7. The van der Waals surface area contributed by atoms with Crippen molar-refractivity contribution in [3.8, 4) is 17.2 Å². The van der Waals surface area contributed by atoms with Gasteiger partial charge in [-0.25, -0.2) is 9.97 Å². The number of methoxy groups -OCH3 is 1. The highest BCUT2D eigenvalue weighted by molar-refractivity contribution is 6.03. The second kappa shape index (κ2) is 7.83. The highest BCUT2D eigenvalue weighted by Crippen LogP contribution is 2.32. The number of aromatic nitrogens is 2. The van der Waals surface area contributed by atoms with Crippen LogP contribution < -0.4 is 24.8 Å². The van der Waals surface area contributed by atoms with Crippen molar-refractivity contribution < 1.29 is 19.0 Å². The predicted molar refractivity (Wildman–Crippen MR) is 104 cm³/mol. The molecule has 8 heteroatoms. The Bertz CT molecular complexity index is 1010. The van der Waals surface area contributed by atoms with Gasteiger partial charge in [0, 0.05) is 29.7 Å². The van der Waals surface area contributed by atoms with Crippen molar-refractivity contribution in [1.29, 1.82) is 0 Å². The Morgan fingerprint density at radius 3 is 2.75 bits per heavy atom. The van der Waals surface area contributed by atoms with Gasteiger partial charge in [0.15, 0.2) is 11.5 Å². The van der Waals surface area contributed by atoms with Gasteiger partial charge in [-0.15, -0.1) is 0 Å². The number of ether oxygens (including phenoxy) is 3. The fourth-order valence-corrected chi connectivity index (χ4v) is 2.69. The van der Waals surface area contributed by atoms with E-state index in [1.54, 1.807) is 31.4 Å². The van der Waals surface area contributed by atoms with E-state index in [9.17, 15) is 4.79 Å². The summed E-state index contributed by atoms with van der Waals surface area (Å²) >= 11 is 0. The molecule has 142 valence electrons. The number of nitrogens with one attached hydrogen (secondary N) is 2. The van der Waals surface area contributed by atoms with E-state index in [1.165, 1.54) is 6.20 Å². The maximum Gasteiger partial charge on any atom is 0.274 e. The topological polar surface area (TPSA) is 94.6 Å². The van der Waals surface area contributed by atoms with E-state index in [1.807, 2.05) is 24.3 Å². The standard InChI is InChI=1S/C20H18N4O4/c1-26-15-4-2-3-13(11-15)23-20-21-8-7-16(24-20)19(25)22-14-5-6-17-18(12-14)28-10-9-27-17/h2-8,11-12H,9-10H2,1H3,(H,22,25)(H,21,23,24). The molecule has 4 rings (SSSR count). The van der Waals surface area contributed by atoms with E-state index in [2.05, 4.69) is 20.6 Å². The minimum absolute atomic E-state index is 0.232. The smallest absolute Gasteiger partial charge is 0.274 e. The summed E-state index contributed by atoms with van der Waals surface area (Å²) in [6.45, 7) is 0.998. The molecule has 0 spiro atoms. The average Bonchev–Trinajstić information content (AvgIpc) is 2.74. The van der Waals surface area contributed by atoms with Crippen LogP contribution in [0.1, 0.15) is 10.5 Å². The zero-order chi connectivity index (χ0) is 19.3. The van der Waals surface area contributed by atoms with Gasteiger partial charge in [-0.05, 0) is 30.3 Å². The van der Waals surface area contributed by atoms with Crippen LogP contribution in [-0.4, -0.2) is 36.2 Å². The lowest BCUT2D eigenvalue weighted by Gasteiger charge is -2.19. The monoisotopic (exact) mass is 378 g/mol. The number of hydrogen-bond acceptors (Lipinski definition) is 7. The molecule has 2 N–H and O–H groups in total. The van der Waals surface area contributed by atoms with E-state index in [0.717, 1.165) is 5.69 Å². The summed E-state index contributed by atoms with van der Waals surface area (Å²) in [7, 11) is 1.60. The van der Waals surface area contributed by atoms with Crippen LogP contribution in [-0.2, 0) is 0 Å². The number of fused-ring (bicyclic) bond motifs is 1. The van der Waals surface area contributed by atoms with Crippen LogP contribution in [0.5, 0.6) is 17.2 Å². The Hall–Kier alpha value is -3.81. The van der Waals surface area contributed by atoms with Crippen molar-refractivity contribution in [2.45, 2.75) is 0 Å². The highest BCUT2D eigenvalue weighted by atomic mass is 16.6. The van der Waals surface area contributed by atoms with Crippen LogP contribution in [0, 0.1) is 0 Å². The van der Waals surface area contributed by atoms with Crippen LogP contribution in [0.2, 0.25) is 0 Å². The van der Waals surface area contributed by atoms with E-state index in [0.29, 0.717) is 42.1 Å². The molecule has 2 heterocycles. The number of anilines is 3. The van der Waals surface area contributed by atoms with Crippen molar-refractivity contribution >= 4 is 23.2 Å². The molecule has 8 nitrogen and oxygen atoms in total. The van der Waals surface area contributed by atoms with Gasteiger partial charge in [0.25, 0.3) is 5.91 Å². The van der Waals surface area contributed by atoms with Crippen LogP contribution in [0.3, 0.4) is 0 Å². The first-order valence-electron chi connectivity index (χ1n) is 8.66.